The molecule has 1 aromatic carbocycles. The fourth-order valence-corrected chi connectivity index (χ4v) is 4.67. The lowest BCUT2D eigenvalue weighted by Crippen LogP contribution is -2.41. The predicted octanol–water partition coefficient (Wildman–Crippen LogP) is 3.91. The molecule has 0 saturated heterocycles. The van der Waals surface area contributed by atoms with Crippen LogP contribution in [0.25, 0.3) is 5.57 Å². The van der Waals surface area contributed by atoms with Gasteiger partial charge >= 0.3 is 0 Å². The molecule has 2 aliphatic rings. The van der Waals surface area contributed by atoms with Gasteiger partial charge in [-0.05, 0) is 25.3 Å². The molecule has 0 aromatic heterocycles. The first-order valence-electron chi connectivity index (χ1n) is 9.56. The lowest BCUT2D eigenvalue weighted by Gasteiger charge is -2.28. The summed E-state index contributed by atoms with van der Waals surface area (Å²) in [7, 11) is 0. The van der Waals surface area contributed by atoms with Gasteiger partial charge in [0.25, 0.3) is 11.8 Å². The number of aryl methyl sites for hydroxylation is 1. The third-order valence-electron chi connectivity index (χ3n) is 5.19. The van der Waals surface area contributed by atoms with E-state index in [1.54, 1.807) is 0 Å². The van der Waals surface area contributed by atoms with Gasteiger partial charge in [-0.15, -0.1) is 11.8 Å². The Morgan fingerprint density at radius 3 is 2.23 bits per heavy atom. The van der Waals surface area contributed by atoms with Crippen molar-refractivity contribution >= 4 is 29.1 Å². The molecule has 0 atom stereocenters. The molecule has 1 heterocycles. The second-order valence-corrected chi connectivity index (χ2v) is 8.23. The molecule has 1 aliphatic carbocycles. The van der Waals surface area contributed by atoms with Crippen LogP contribution in [-0.2, 0) is 9.59 Å². The molecular formula is C21H27NO3S. The van der Waals surface area contributed by atoms with Crippen LogP contribution in [0.15, 0.2) is 29.2 Å². The molecule has 26 heavy (non-hydrogen) atoms. The number of imide groups is 1. The number of carbonyl (C=O) groups excluding carboxylic acids is 2. The van der Waals surface area contributed by atoms with Gasteiger partial charge in [0.2, 0.25) is 0 Å². The summed E-state index contributed by atoms with van der Waals surface area (Å²) < 4.78 is 0. The summed E-state index contributed by atoms with van der Waals surface area (Å²) in [5.41, 5.74) is 2.42. The van der Waals surface area contributed by atoms with Gasteiger partial charge in [-0.2, -0.15) is 0 Å². The number of amides is 2. The maximum atomic E-state index is 13.2. The summed E-state index contributed by atoms with van der Waals surface area (Å²) in [6, 6.07) is 7.76. The Kier molecular flexibility index (Phi) is 6.54. The third kappa shape index (κ3) is 4.04. The zero-order valence-corrected chi connectivity index (χ0v) is 16.2. The molecule has 4 nitrogen and oxygen atoms in total. The Labute approximate surface area is 159 Å². The normalized spacial score (nSPS) is 19.8. The summed E-state index contributed by atoms with van der Waals surface area (Å²) in [6.45, 7) is 1.99. The highest BCUT2D eigenvalue weighted by atomic mass is 32.2. The Bertz CT molecular complexity index is 688. The maximum absolute atomic E-state index is 13.2. The van der Waals surface area contributed by atoms with Gasteiger partial charge in [0.05, 0.1) is 17.1 Å². The number of hydrogen-bond donors (Lipinski definition) is 1. The lowest BCUT2D eigenvalue weighted by atomic mass is 9.95. The van der Waals surface area contributed by atoms with Crippen LogP contribution >= 0.6 is 11.8 Å². The average Bonchev–Trinajstić information content (AvgIpc) is 2.84. The lowest BCUT2D eigenvalue weighted by molar-refractivity contribution is -0.139. The zero-order valence-electron chi connectivity index (χ0n) is 15.4. The molecule has 5 heteroatoms. The van der Waals surface area contributed by atoms with Gasteiger partial charge in [0, 0.05) is 11.8 Å². The van der Waals surface area contributed by atoms with E-state index in [1.807, 2.05) is 31.2 Å². The van der Waals surface area contributed by atoms with E-state index in [0.29, 0.717) is 16.2 Å². The van der Waals surface area contributed by atoms with E-state index in [4.69, 9.17) is 0 Å². The molecule has 2 amide bonds. The van der Waals surface area contributed by atoms with E-state index < -0.39 is 0 Å². The van der Waals surface area contributed by atoms with Crippen LogP contribution < -0.4 is 0 Å². The van der Waals surface area contributed by atoms with Gasteiger partial charge in [-0.25, -0.2) is 0 Å². The molecule has 140 valence electrons. The minimum atomic E-state index is -0.172. The van der Waals surface area contributed by atoms with Crippen LogP contribution in [-0.4, -0.2) is 40.2 Å². The minimum absolute atomic E-state index is 0.00275. The molecule has 1 fully saturated rings. The number of rotatable bonds is 5. The van der Waals surface area contributed by atoms with Gasteiger partial charge in [0.1, 0.15) is 0 Å². The molecule has 0 spiro atoms. The van der Waals surface area contributed by atoms with Crippen molar-refractivity contribution in [1.82, 2.24) is 4.90 Å². The Balaban J connectivity index is 1.92. The number of aliphatic hydroxyl groups is 1. The molecule has 0 unspecified atom stereocenters. The monoisotopic (exact) mass is 373 g/mol. The summed E-state index contributed by atoms with van der Waals surface area (Å²) in [5, 5.41) is 9.20. The first kappa shape index (κ1) is 19.2. The Morgan fingerprint density at radius 1 is 1.00 bits per heavy atom. The van der Waals surface area contributed by atoms with Crippen molar-refractivity contribution in [3.8, 4) is 0 Å². The second-order valence-electron chi connectivity index (χ2n) is 7.12. The van der Waals surface area contributed by atoms with E-state index in [2.05, 4.69) is 0 Å². The van der Waals surface area contributed by atoms with Crippen molar-refractivity contribution in [2.45, 2.75) is 57.9 Å². The van der Waals surface area contributed by atoms with Crippen LogP contribution in [0.5, 0.6) is 0 Å². The highest BCUT2D eigenvalue weighted by Crippen LogP contribution is 2.38. The molecular weight excluding hydrogens is 346 g/mol. The summed E-state index contributed by atoms with van der Waals surface area (Å²) in [6.07, 6.45) is 7.54. The molecule has 3 rings (SSSR count). The van der Waals surface area contributed by atoms with Crippen molar-refractivity contribution in [2.24, 2.45) is 0 Å². The van der Waals surface area contributed by atoms with E-state index in [9.17, 15) is 14.7 Å². The van der Waals surface area contributed by atoms with Gasteiger partial charge < -0.3 is 5.11 Å². The summed E-state index contributed by atoms with van der Waals surface area (Å²) >= 11 is 1.30. The highest BCUT2D eigenvalue weighted by Gasteiger charge is 2.42. The number of aliphatic hydroxyl groups excluding tert-OH is 1. The van der Waals surface area contributed by atoms with Gasteiger partial charge in [-0.1, -0.05) is 61.9 Å². The van der Waals surface area contributed by atoms with Crippen LogP contribution in [0.4, 0.5) is 0 Å². The molecule has 0 radical (unpaired) electrons. The minimum Gasteiger partial charge on any atom is -0.396 e. The SMILES string of the molecule is Cc1ccc(C2=C(SCCO)C(=O)N(C3CCCCCCC3)C2=O)cc1. The molecule has 1 aliphatic heterocycles. The van der Waals surface area contributed by atoms with E-state index >= 15 is 0 Å². The second kappa shape index (κ2) is 8.87. The molecule has 1 N–H and O–H groups in total. The largest absolute Gasteiger partial charge is 0.396 e. The smallest absolute Gasteiger partial charge is 0.268 e. The molecule has 0 bridgehead atoms. The Morgan fingerprint density at radius 2 is 1.62 bits per heavy atom. The van der Waals surface area contributed by atoms with Crippen LogP contribution in [0.1, 0.15) is 56.1 Å². The maximum Gasteiger partial charge on any atom is 0.268 e. The first-order valence-corrected chi connectivity index (χ1v) is 10.5. The predicted molar refractivity (Wildman–Crippen MR) is 106 cm³/mol. The summed E-state index contributed by atoms with van der Waals surface area (Å²) in [5.74, 6) is 0.0850. The number of nitrogens with zero attached hydrogens (tertiary/aromatic N) is 1. The van der Waals surface area contributed by atoms with Crippen molar-refractivity contribution in [3.05, 3.63) is 40.3 Å². The van der Waals surface area contributed by atoms with Crippen molar-refractivity contribution < 1.29 is 14.7 Å². The number of thioether (sulfide) groups is 1. The number of benzene rings is 1. The Hall–Kier alpha value is -1.59. The van der Waals surface area contributed by atoms with E-state index in [-0.39, 0.29) is 24.5 Å². The van der Waals surface area contributed by atoms with Crippen LogP contribution in [0.3, 0.4) is 0 Å². The third-order valence-corrected chi connectivity index (χ3v) is 6.24. The molecule has 1 aromatic rings. The van der Waals surface area contributed by atoms with Crippen LogP contribution in [0, 0.1) is 6.92 Å². The topological polar surface area (TPSA) is 57.6 Å². The van der Waals surface area contributed by atoms with Crippen molar-refractivity contribution in [3.63, 3.8) is 0 Å². The van der Waals surface area contributed by atoms with Crippen molar-refractivity contribution in [1.29, 1.82) is 0 Å². The van der Waals surface area contributed by atoms with Gasteiger partial charge in [-0.3, -0.25) is 14.5 Å². The summed E-state index contributed by atoms with van der Waals surface area (Å²) in [4.78, 5) is 28.4. The standard InChI is InChI=1S/C21H27NO3S/c1-15-9-11-16(12-10-15)18-19(26-14-13-23)21(25)22(20(18)24)17-7-5-3-2-4-6-8-17/h9-12,17,23H,2-8,13-14H2,1H3. The zero-order chi connectivity index (χ0) is 18.5. The van der Waals surface area contributed by atoms with Crippen molar-refractivity contribution in [2.75, 3.05) is 12.4 Å². The quantitative estimate of drug-likeness (QED) is 0.795. The fraction of sp³-hybridized carbons (Fsp3) is 0.524. The van der Waals surface area contributed by atoms with E-state index in [0.717, 1.165) is 36.8 Å². The van der Waals surface area contributed by atoms with Crippen LogP contribution in [0.2, 0.25) is 0 Å². The molecule has 1 saturated carbocycles. The van der Waals surface area contributed by atoms with Gasteiger partial charge in [0.15, 0.2) is 0 Å². The van der Waals surface area contributed by atoms with E-state index in [1.165, 1.54) is 35.9 Å². The first-order chi connectivity index (χ1) is 12.6. The number of carbonyl (C=O) groups is 2. The highest BCUT2D eigenvalue weighted by molar-refractivity contribution is 8.04. The number of hydrogen-bond acceptors (Lipinski definition) is 4. The average molecular weight is 374 g/mol. The fourth-order valence-electron chi connectivity index (χ4n) is 3.81.